The number of para-hydroxylation sites is 1. The lowest BCUT2D eigenvalue weighted by molar-refractivity contribution is 0.966. The standard InChI is InChI=1S/C20H20N4/c1-14-11-15(2)13-17(12-14)22-20-21-9-7-19(23-20)24-10-8-16-5-3-4-6-18(16)24/h3-7,9,11-13H,8,10H2,1-2H3,(H,21,22,23). The Morgan fingerprint density at radius 1 is 1.00 bits per heavy atom. The first-order valence-electron chi connectivity index (χ1n) is 8.23. The summed E-state index contributed by atoms with van der Waals surface area (Å²) >= 11 is 0. The molecule has 4 heteroatoms. The smallest absolute Gasteiger partial charge is 0.229 e. The third-order valence-corrected chi connectivity index (χ3v) is 4.28. The molecule has 0 fully saturated rings. The van der Waals surface area contributed by atoms with Crippen molar-refractivity contribution < 1.29 is 0 Å². The van der Waals surface area contributed by atoms with E-state index in [0.29, 0.717) is 5.95 Å². The fourth-order valence-corrected chi connectivity index (χ4v) is 3.31. The number of rotatable bonds is 3. The number of anilines is 4. The van der Waals surface area contributed by atoms with E-state index in [0.717, 1.165) is 24.5 Å². The van der Waals surface area contributed by atoms with Crippen LogP contribution in [-0.2, 0) is 6.42 Å². The zero-order valence-electron chi connectivity index (χ0n) is 14.0. The number of hydrogen-bond acceptors (Lipinski definition) is 4. The Balaban J connectivity index is 1.63. The predicted octanol–water partition coefficient (Wildman–Crippen LogP) is 4.53. The molecule has 1 aliphatic rings. The van der Waals surface area contributed by atoms with E-state index in [1.165, 1.54) is 22.4 Å². The molecular formula is C20H20N4. The van der Waals surface area contributed by atoms with Crippen LogP contribution >= 0.6 is 0 Å². The molecule has 3 aromatic rings. The molecule has 0 amide bonds. The Hall–Kier alpha value is -2.88. The number of benzene rings is 2. The number of nitrogens with one attached hydrogen (secondary N) is 1. The van der Waals surface area contributed by atoms with E-state index >= 15 is 0 Å². The predicted molar refractivity (Wildman–Crippen MR) is 98.4 cm³/mol. The molecule has 24 heavy (non-hydrogen) atoms. The lowest BCUT2D eigenvalue weighted by atomic mass is 10.1. The minimum Gasteiger partial charge on any atom is -0.326 e. The minimum atomic E-state index is 0.627. The fraction of sp³-hybridized carbons (Fsp3) is 0.200. The SMILES string of the molecule is Cc1cc(C)cc(Nc2nccc(N3CCc4ccccc43)n2)c1. The summed E-state index contributed by atoms with van der Waals surface area (Å²) in [5.41, 5.74) is 6.09. The molecule has 0 unspecified atom stereocenters. The van der Waals surface area contributed by atoms with E-state index < -0.39 is 0 Å². The Labute approximate surface area is 142 Å². The van der Waals surface area contributed by atoms with E-state index in [-0.39, 0.29) is 0 Å². The molecule has 0 bridgehead atoms. The number of hydrogen-bond donors (Lipinski definition) is 1. The average Bonchev–Trinajstić information content (AvgIpc) is 2.98. The molecule has 0 saturated heterocycles. The number of nitrogens with zero attached hydrogens (tertiary/aromatic N) is 3. The van der Waals surface area contributed by atoms with Crippen molar-refractivity contribution in [2.24, 2.45) is 0 Å². The van der Waals surface area contributed by atoms with E-state index in [9.17, 15) is 0 Å². The van der Waals surface area contributed by atoms with Gasteiger partial charge in [0.15, 0.2) is 0 Å². The van der Waals surface area contributed by atoms with Gasteiger partial charge in [-0.15, -0.1) is 0 Å². The first-order chi connectivity index (χ1) is 11.7. The molecule has 4 nitrogen and oxygen atoms in total. The Kier molecular flexibility index (Phi) is 3.65. The number of aromatic nitrogens is 2. The molecule has 0 spiro atoms. The Morgan fingerprint density at radius 2 is 1.79 bits per heavy atom. The molecule has 4 rings (SSSR count). The maximum absolute atomic E-state index is 4.71. The van der Waals surface area contributed by atoms with Gasteiger partial charge in [-0.2, -0.15) is 4.98 Å². The second kappa shape index (κ2) is 5.96. The number of aryl methyl sites for hydroxylation is 2. The topological polar surface area (TPSA) is 41.1 Å². The first kappa shape index (κ1) is 14.7. The summed E-state index contributed by atoms with van der Waals surface area (Å²) < 4.78 is 0. The molecule has 1 N–H and O–H groups in total. The van der Waals surface area contributed by atoms with Crippen LogP contribution in [0.25, 0.3) is 0 Å². The molecule has 1 aromatic heterocycles. The van der Waals surface area contributed by atoms with Crippen LogP contribution in [0, 0.1) is 13.8 Å². The number of fused-ring (bicyclic) bond motifs is 1. The van der Waals surface area contributed by atoms with E-state index in [4.69, 9.17) is 4.98 Å². The maximum atomic E-state index is 4.71. The highest BCUT2D eigenvalue weighted by atomic mass is 15.2. The highest BCUT2D eigenvalue weighted by Gasteiger charge is 2.20. The monoisotopic (exact) mass is 316 g/mol. The molecule has 0 aliphatic carbocycles. The lowest BCUT2D eigenvalue weighted by Crippen LogP contribution is -2.15. The van der Waals surface area contributed by atoms with Gasteiger partial charge in [-0.05, 0) is 61.2 Å². The fourth-order valence-electron chi connectivity index (χ4n) is 3.31. The van der Waals surface area contributed by atoms with Crippen molar-refractivity contribution in [3.05, 3.63) is 71.4 Å². The third kappa shape index (κ3) is 2.83. The van der Waals surface area contributed by atoms with Crippen molar-refractivity contribution in [3.63, 3.8) is 0 Å². The summed E-state index contributed by atoms with van der Waals surface area (Å²) in [5.74, 6) is 1.56. The molecule has 2 heterocycles. The molecule has 2 aromatic carbocycles. The summed E-state index contributed by atoms with van der Waals surface area (Å²) in [6, 6.07) is 16.8. The molecular weight excluding hydrogens is 296 g/mol. The van der Waals surface area contributed by atoms with Gasteiger partial charge in [-0.25, -0.2) is 4.98 Å². The van der Waals surface area contributed by atoms with Gasteiger partial charge >= 0.3 is 0 Å². The van der Waals surface area contributed by atoms with E-state index in [1.54, 1.807) is 0 Å². The van der Waals surface area contributed by atoms with Crippen LogP contribution in [0.4, 0.5) is 23.1 Å². The highest BCUT2D eigenvalue weighted by molar-refractivity contribution is 5.68. The van der Waals surface area contributed by atoms with Gasteiger partial charge in [0.1, 0.15) is 5.82 Å². The summed E-state index contributed by atoms with van der Waals surface area (Å²) in [6.45, 7) is 5.15. The Morgan fingerprint density at radius 3 is 2.62 bits per heavy atom. The van der Waals surface area contributed by atoms with Crippen molar-refractivity contribution >= 4 is 23.1 Å². The van der Waals surface area contributed by atoms with Crippen LogP contribution in [0.3, 0.4) is 0 Å². The lowest BCUT2D eigenvalue weighted by Gasteiger charge is -2.18. The van der Waals surface area contributed by atoms with Crippen molar-refractivity contribution in [2.75, 3.05) is 16.8 Å². The zero-order valence-corrected chi connectivity index (χ0v) is 14.0. The van der Waals surface area contributed by atoms with Gasteiger partial charge in [-0.3, -0.25) is 0 Å². The first-order valence-corrected chi connectivity index (χ1v) is 8.23. The van der Waals surface area contributed by atoms with Gasteiger partial charge in [-0.1, -0.05) is 24.3 Å². The second-order valence-electron chi connectivity index (χ2n) is 6.27. The van der Waals surface area contributed by atoms with Crippen molar-refractivity contribution in [1.29, 1.82) is 0 Å². The van der Waals surface area contributed by atoms with Gasteiger partial charge < -0.3 is 10.2 Å². The molecule has 120 valence electrons. The molecule has 0 saturated carbocycles. The van der Waals surface area contributed by atoms with Crippen LogP contribution in [0.15, 0.2) is 54.7 Å². The van der Waals surface area contributed by atoms with Crippen LogP contribution < -0.4 is 10.2 Å². The van der Waals surface area contributed by atoms with Gasteiger partial charge in [0, 0.05) is 24.1 Å². The second-order valence-corrected chi connectivity index (χ2v) is 6.27. The van der Waals surface area contributed by atoms with Crippen molar-refractivity contribution in [3.8, 4) is 0 Å². The molecule has 1 aliphatic heterocycles. The summed E-state index contributed by atoms with van der Waals surface area (Å²) in [5, 5.41) is 3.32. The van der Waals surface area contributed by atoms with Crippen molar-refractivity contribution in [2.45, 2.75) is 20.3 Å². The Bertz CT molecular complexity index is 868. The van der Waals surface area contributed by atoms with Crippen LogP contribution in [0.5, 0.6) is 0 Å². The average molecular weight is 316 g/mol. The maximum Gasteiger partial charge on any atom is 0.229 e. The normalized spacial score (nSPS) is 13.0. The van der Waals surface area contributed by atoms with Crippen molar-refractivity contribution in [1.82, 2.24) is 9.97 Å². The minimum absolute atomic E-state index is 0.627. The van der Waals surface area contributed by atoms with Crippen LogP contribution in [-0.4, -0.2) is 16.5 Å². The summed E-state index contributed by atoms with van der Waals surface area (Å²) in [6.07, 6.45) is 2.87. The largest absolute Gasteiger partial charge is 0.326 e. The van der Waals surface area contributed by atoms with Gasteiger partial charge in [0.2, 0.25) is 5.95 Å². The molecule has 0 atom stereocenters. The van der Waals surface area contributed by atoms with Gasteiger partial charge in [0.05, 0.1) is 0 Å². The summed E-state index contributed by atoms with van der Waals surface area (Å²) in [4.78, 5) is 11.3. The van der Waals surface area contributed by atoms with E-state index in [1.807, 2.05) is 12.3 Å². The van der Waals surface area contributed by atoms with Gasteiger partial charge in [0.25, 0.3) is 0 Å². The zero-order chi connectivity index (χ0) is 16.5. The summed E-state index contributed by atoms with van der Waals surface area (Å²) in [7, 11) is 0. The highest BCUT2D eigenvalue weighted by Crippen LogP contribution is 2.33. The third-order valence-electron chi connectivity index (χ3n) is 4.28. The van der Waals surface area contributed by atoms with Crippen LogP contribution in [0.2, 0.25) is 0 Å². The van der Waals surface area contributed by atoms with E-state index in [2.05, 4.69) is 71.5 Å². The quantitative estimate of drug-likeness (QED) is 0.770. The molecule has 0 radical (unpaired) electrons. The van der Waals surface area contributed by atoms with Crippen LogP contribution in [0.1, 0.15) is 16.7 Å².